The first-order valence-electron chi connectivity index (χ1n) is 7.37. The molecule has 1 fully saturated rings. The molecule has 0 unspecified atom stereocenters. The molecule has 1 N–H and O–H groups in total. The monoisotopic (exact) mass is 340 g/mol. The van der Waals surface area contributed by atoms with E-state index in [4.69, 9.17) is 0 Å². The topological polar surface area (TPSA) is 33.1 Å². The van der Waals surface area contributed by atoms with Gasteiger partial charge in [-0.2, -0.15) is 18.3 Å². The van der Waals surface area contributed by atoms with Crippen LogP contribution in [0, 0.1) is 5.92 Å². The molecule has 0 amide bonds. The summed E-state index contributed by atoms with van der Waals surface area (Å²) in [6.07, 6.45) is 0.263. The maximum absolute atomic E-state index is 13.0. The molecule has 8 heteroatoms. The number of hydrogen-bond donors (Lipinski definition) is 1. The highest BCUT2D eigenvalue weighted by atomic mass is 35.5. The molecule has 128 valence electrons. The molecule has 2 heterocycles. The summed E-state index contributed by atoms with van der Waals surface area (Å²) in [5, 5.41) is 6.91. The van der Waals surface area contributed by atoms with E-state index in [9.17, 15) is 13.2 Å². The minimum absolute atomic E-state index is 0. The summed E-state index contributed by atoms with van der Waals surface area (Å²) in [7, 11) is 3.28. The zero-order valence-electron chi connectivity index (χ0n) is 13.0. The minimum Gasteiger partial charge on any atom is -0.320 e. The van der Waals surface area contributed by atoms with Crippen LogP contribution in [0.15, 0.2) is 6.20 Å². The van der Waals surface area contributed by atoms with Gasteiger partial charge in [-0.3, -0.25) is 9.58 Å². The van der Waals surface area contributed by atoms with Gasteiger partial charge in [0.2, 0.25) is 0 Å². The summed E-state index contributed by atoms with van der Waals surface area (Å²) in [5.41, 5.74) is -0.349. The van der Waals surface area contributed by atoms with E-state index in [-0.39, 0.29) is 18.0 Å². The van der Waals surface area contributed by atoms with Crippen molar-refractivity contribution in [2.75, 3.05) is 26.7 Å². The second-order valence-corrected chi connectivity index (χ2v) is 5.75. The zero-order chi connectivity index (χ0) is 15.5. The molecular formula is C14H24ClF3N4. The van der Waals surface area contributed by atoms with Crippen LogP contribution in [0.25, 0.3) is 0 Å². The predicted octanol–water partition coefficient (Wildman–Crippen LogP) is 2.68. The first-order chi connectivity index (χ1) is 9.91. The average Bonchev–Trinajstić information content (AvgIpc) is 2.79. The van der Waals surface area contributed by atoms with Crippen molar-refractivity contribution in [2.45, 2.75) is 32.0 Å². The average molecular weight is 341 g/mol. The molecule has 0 saturated carbocycles. The molecule has 1 saturated heterocycles. The van der Waals surface area contributed by atoms with Crippen LogP contribution >= 0.6 is 12.4 Å². The SMILES string of the molecule is CNCCC1CCN(Cc2cnn(C)c2C(F)(F)F)CC1.Cl. The van der Waals surface area contributed by atoms with E-state index >= 15 is 0 Å². The minimum atomic E-state index is -4.34. The van der Waals surface area contributed by atoms with Gasteiger partial charge in [0.25, 0.3) is 0 Å². The molecule has 4 nitrogen and oxygen atoms in total. The molecule has 1 aromatic heterocycles. The fourth-order valence-corrected chi connectivity index (χ4v) is 2.99. The van der Waals surface area contributed by atoms with Crippen molar-refractivity contribution in [3.05, 3.63) is 17.5 Å². The number of nitrogens with one attached hydrogen (secondary N) is 1. The molecule has 0 aliphatic carbocycles. The Morgan fingerprint density at radius 2 is 1.95 bits per heavy atom. The molecular weight excluding hydrogens is 317 g/mol. The van der Waals surface area contributed by atoms with Gasteiger partial charge in [0.1, 0.15) is 5.69 Å². The van der Waals surface area contributed by atoms with Crippen LogP contribution in [0.4, 0.5) is 13.2 Å². The van der Waals surface area contributed by atoms with Crippen LogP contribution in [-0.4, -0.2) is 41.4 Å². The summed E-state index contributed by atoms with van der Waals surface area (Å²) >= 11 is 0. The van der Waals surface area contributed by atoms with Gasteiger partial charge in [-0.1, -0.05) is 0 Å². The Bertz CT molecular complexity index is 453. The number of nitrogens with zero attached hydrogens (tertiary/aromatic N) is 3. The Balaban J connectivity index is 0.00000242. The quantitative estimate of drug-likeness (QED) is 0.894. The van der Waals surface area contributed by atoms with Crippen LogP contribution in [0.2, 0.25) is 0 Å². The van der Waals surface area contributed by atoms with Crippen molar-refractivity contribution >= 4 is 12.4 Å². The first kappa shape index (κ1) is 19.3. The third kappa shape index (κ3) is 4.86. The number of alkyl halides is 3. The molecule has 0 atom stereocenters. The second kappa shape index (κ2) is 8.17. The van der Waals surface area contributed by atoms with Crippen LogP contribution in [0.3, 0.4) is 0 Å². The standard InChI is InChI=1S/C14H23F3N4.ClH/c1-18-6-3-11-4-7-21(8-5-11)10-12-9-19-20(2)13(12)14(15,16)17;/h9,11,18H,3-8,10H2,1-2H3;1H. The lowest BCUT2D eigenvalue weighted by Gasteiger charge is -2.32. The number of rotatable bonds is 5. The van der Waals surface area contributed by atoms with E-state index in [1.807, 2.05) is 7.05 Å². The van der Waals surface area contributed by atoms with Crippen LogP contribution in [0.1, 0.15) is 30.5 Å². The Morgan fingerprint density at radius 1 is 1.32 bits per heavy atom. The Kier molecular flexibility index (Phi) is 7.15. The third-order valence-corrected chi connectivity index (χ3v) is 4.19. The predicted molar refractivity (Wildman–Crippen MR) is 82.0 cm³/mol. The Labute approximate surface area is 135 Å². The number of aryl methyl sites for hydroxylation is 1. The van der Waals surface area contributed by atoms with E-state index < -0.39 is 11.9 Å². The summed E-state index contributed by atoms with van der Waals surface area (Å²) < 4.78 is 40.0. The van der Waals surface area contributed by atoms with Crippen molar-refractivity contribution in [2.24, 2.45) is 13.0 Å². The Morgan fingerprint density at radius 3 is 2.50 bits per heavy atom. The van der Waals surface area contributed by atoms with Gasteiger partial charge < -0.3 is 5.32 Å². The molecule has 0 spiro atoms. The van der Waals surface area contributed by atoms with Crippen molar-refractivity contribution in [3.63, 3.8) is 0 Å². The lowest BCUT2D eigenvalue weighted by molar-refractivity contribution is -0.144. The van der Waals surface area contributed by atoms with Crippen molar-refractivity contribution in [3.8, 4) is 0 Å². The fraction of sp³-hybridized carbons (Fsp3) is 0.786. The number of hydrogen-bond acceptors (Lipinski definition) is 3. The van der Waals surface area contributed by atoms with Gasteiger partial charge in [0.15, 0.2) is 0 Å². The van der Waals surface area contributed by atoms with E-state index in [2.05, 4.69) is 15.3 Å². The second-order valence-electron chi connectivity index (χ2n) is 5.75. The van der Waals surface area contributed by atoms with Crippen molar-refractivity contribution in [1.82, 2.24) is 20.0 Å². The Hall–Kier alpha value is -0.790. The van der Waals surface area contributed by atoms with Gasteiger partial charge >= 0.3 is 6.18 Å². The fourth-order valence-electron chi connectivity index (χ4n) is 2.99. The van der Waals surface area contributed by atoms with Gasteiger partial charge in [-0.15, -0.1) is 12.4 Å². The third-order valence-electron chi connectivity index (χ3n) is 4.19. The van der Waals surface area contributed by atoms with Crippen LogP contribution in [0.5, 0.6) is 0 Å². The van der Waals surface area contributed by atoms with Gasteiger partial charge in [0.05, 0.1) is 6.20 Å². The number of likely N-dealkylation sites (tertiary alicyclic amines) is 1. The van der Waals surface area contributed by atoms with E-state index in [0.29, 0.717) is 12.5 Å². The molecule has 22 heavy (non-hydrogen) atoms. The van der Waals surface area contributed by atoms with E-state index in [0.717, 1.165) is 43.6 Å². The van der Waals surface area contributed by atoms with Gasteiger partial charge in [0, 0.05) is 19.2 Å². The molecule has 1 aliphatic rings. The highest BCUT2D eigenvalue weighted by Crippen LogP contribution is 2.32. The molecule has 1 aliphatic heterocycles. The van der Waals surface area contributed by atoms with Crippen molar-refractivity contribution < 1.29 is 13.2 Å². The summed E-state index contributed by atoms with van der Waals surface area (Å²) in [6, 6.07) is 0. The van der Waals surface area contributed by atoms with Crippen molar-refractivity contribution in [1.29, 1.82) is 0 Å². The highest BCUT2D eigenvalue weighted by Gasteiger charge is 2.37. The maximum Gasteiger partial charge on any atom is 0.433 e. The first-order valence-corrected chi connectivity index (χ1v) is 7.37. The lowest BCUT2D eigenvalue weighted by atomic mass is 9.93. The molecule has 1 aromatic rings. The summed E-state index contributed by atoms with van der Waals surface area (Å²) in [6.45, 7) is 3.06. The normalized spacial score (nSPS) is 17.5. The number of halogens is 4. The molecule has 0 aromatic carbocycles. The molecule has 0 bridgehead atoms. The highest BCUT2D eigenvalue weighted by molar-refractivity contribution is 5.85. The summed E-state index contributed by atoms with van der Waals surface area (Å²) in [5.74, 6) is 0.685. The molecule has 2 rings (SSSR count). The van der Waals surface area contributed by atoms with E-state index in [1.54, 1.807) is 0 Å². The number of piperidine rings is 1. The maximum atomic E-state index is 13.0. The van der Waals surface area contributed by atoms with Crippen LogP contribution < -0.4 is 5.32 Å². The van der Waals surface area contributed by atoms with Gasteiger partial charge in [-0.25, -0.2) is 0 Å². The smallest absolute Gasteiger partial charge is 0.320 e. The van der Waals surface area contributed by atoms with Crippen LogP contribution in [-0.2, 0) is 19.8 Å². The number of aromatic nitrogens is 2. The molecule has 0 radical (unpaired) electrons. The zero-order valence-corrected chi connectivity index (χ0v) is 13.8. The van der Waals surface area contributed by atoms with E-state index in [1.165, 1.54) is 13.2 Å². The largest absolute Gasteiger partial charge is 0.433 e. The van der Waals surface area contributed by atoms with Gasteiger partial charge in [-0.05, 0) is 51.9 Å². The lowest BCUT2D eigenvalue weighted by Crippen LogP contribution is -2.34. The summed E-state index contributed by atoms with van der Waals surface area (Å²) in [4.78, 5) is 2.10.